The first kappa shape index (κ1) is 12.9. The SMILES string of the molecule is Cc1ccc(Cl)c(Nc2ccccc2[C]=O)c1Cl. The van der Waals surface area contributed by atoms with Crippen molar-refractivity contribution in [1.82, 2.24) is 0 Å². The predicted molar refractivity (Wildman–Crippen MR) is 75.7 cm³/mol. The van der Waals surface area contributed by atoms with Gasteiger partial charge in [-0.15, -0.1) is 0 Å². The lowest BCUT2D eigenvalue weighted by atomic mass is 10.1. The van der Waals surface area contributed by atoms with Crippen molar-refractivity contribution in [2.24, 2.45) is 0 Å². The zero-order chi connectivity index (χ0) is 13.1. The second-order valence-electron chi connectivity index (χ2n) is 3.83. The largest absolute Gasteiger partial charge is 0.352 e. The van der Waals surface area contributed by atoms with Crippen LogP contribution in [-0.2, 0) is 4.79 Å². The van der Waals surface area contributed by atoms with Gasteiger partial charge < -0.3 is 5.32 Å². The van der Waals surface area contributed by atoms with Crippen molar-refractivity contribution in [1.29, 1.82) is 0 Å². The number of rotatable bonds is 3. The smallest absolute Gasteiger partial charge is 0.235 e. The summed E-state index contributed by atoms with van der Waals surface area (Å²) in [6, 6.07) is 10.6. The highest BCUT2D eigenvalue weighted by atomic mass is 35.5. The minimum Gasteiger partial charge on any atom is -0.352 e. The molecule has 0 spiro atoms. The number of hydrogen-bond donors (Lipinski definition) is 1. The Kier molecular flexibility index (Phi) is 3.90. The molecule has 0 saturated heterocycles. The maximum absolute atomic E-state index is 10.8. The van der Waals surface area contributed by atoms with Crippen LogP contribution in [0.4, 0.5) is 11.4 Å². The van der Waals surface area contributed by atoms with Gasteiger partial charge in [-0.25, -0.2) is 0 Å². The van der Waals surface area contributed by atoms with Crippen molar-refractivity contribution < 1.29 is 4.79 Å². The van der Waals surface area contributed by atoms with E-state index in [1.807, 2.05) is 25.3 Å². The molecule has 0 aliphatic heterocycles. The number of nitrogens with one attached hydrogen (secondary N) is 1. The molecule has 2 aromatic carbocycles. The number of anilines is 2. The molecule has 2 aromatic rings. The lowest BCUT2D eigenvalue weighted by Crippen LogP contribution is -1.97. The number of hydrogen-bond acceptors (Lipinski definition) is 2. The molecule has 0 bridgehead atoms. The van der Waals surface area contributed by atoms with E-state index in [1.165, 1.54) is 0 Å². The third kappa shape index (κ3) is 2.50. The fourth-order valence-electron chi connectivity index (χ4n) is 1.59. The number of para-hydroxylation sites is 1. The Hall–Kier alpha value is -1.51. The van der Waals surface area contributed by atoms with Crippen LogP contribution < -0.4 is 5.32 Å². The molecule has 2 rings (SSSR count). The lowest BCUT2D eigenvalue weighted by molar-refractivity contribution is 0.563. The molecule has 0 aliphatic carbocycles. The van der Waals surface area contributed by atoms with Crippen LogP contribution in [0.1, 0.15) is 11.1 Å². The summed E-state index contributed by atoms with van der Waals surface area (Å²) in [5, 5.41) is 4.12. The van der Waals surface area contributed by atoms with Crippen LogP contribution in [0.15, 0.2) is 36.4 Å². The quantitative estimate of drug-likeness (QED) is 0.896. The van der Waals surface area contributed by atoms with E-state index < -0.39 is 0 Å². The number of aryl methyl sites for hydroxylation is 1. The topological polar surface area (TPSA) is 29.1 Å². The molecular weight excluding hydrogens is 269 g/mol. The first-order valence-corrected chi connectivity index (χ1v) is 6.08. The molecule has 0 amide bonds. The highest BCUT2D eigenvalue weighted by Gasteiger charge is 2.10. The Balaban J connectivity index is 2.46. The van der Waals surface area contributed by atoms with Gasteiger partial charge in [-0.05, 0) is 30.7 Å². The number of halogens is 2. The van der Waals surface area contributed by atoms with Gasteiger partial charge in [0.2, 0.25) is 6.29 Å². The third-order valence-corrected chi connectivity index (χ3v) is 3.38. The summed E-state index contributed by atoms with van der Waals surface area (Å²) in [6.45, 7) is 1.89. The van der Waals surface area contributed by atoms with Crippen molar-refractivity contribution in [2.45, 2.75) is 6.92 Å². The molecule has 0 heterocycles. The normalized spacial score (nSPS) is 10.2. The summed E-state index contributed by atoms with van der Waals surface area (Å²) >= 11 is 12.3. The molecular formula is C14H10Cl2NO. The van der Waals surface area contributed by atoms with Crippen LogP contribution in [0.25, 0.3) is 0 Å². The minimum absolute atomic E-state index is 0.436. The van der Waals surface area contributed by atoms with Gasteiger partial charge >= 0.3 is 0 Å². The van der Waals surface area contributed by atoms with E-state index in [-0.39, 0.29) is 0 Å². The molecule has 0 aromatic heterocycles. The average molecular weight is 279 g/mol. The summed E-state index contributed by atoms with van der Waals surface area (Å²) in [5.41, 5.74) is 2.57. The van der Waals surface area contributed by atoms with Gasteiger partial charge in [-0.1, -0.05) is 41.4 Å². The van der Waals surface area contributed by atoms with E-state index in [4.69, 9.17) is 23.2 Å². The molecule has 1 radical (unpaired) electrons. The van der Waals surface area contributed by atoms with Crippen LogP contribution in [0.3, 0.4) is 0 Å². The Morgan fingerprint density at radius 1 is 1.11 bits per heavy atom. The van der Waals surface area contributed by atoms with Crippen molar-refractivity contribution >= 4 is 40.9 Å². The molecule has 18 heavy (non-hydrogen) atoms. The van der Waals surface area contributed by atoms with Crippen LogP contribution in [0.5, 0.6) is 0 Å². The zero-order valence-corrected chi connectivity index (χ0v) is 11.1. The fourth-order valence-corrected chi connectivity index (χ4v) is 2.05. The third-order valence-electron chi connectivity index (χ3n) is 2.58. The molecule has 4 heteroatoms. The summed E-state index contributed by atoms with van der Waals surface area (Å²) in [6.07, 6.45) is 1.87. The maximum Gasteiger partial charge on any atom is 0.235 e. The van der Waals surface area contributed by atoms with E-state index in [9.17, 15) is 4.79 Å². The second-order valence-corrected chi connectivity index (χ2v) is 4.61. The van der Waals surface area contributed by atoms with E-state index >= 15 is 0 Å². The van der Waals surface area contributed by atoms with E-state index in [0.29, 0.717) is 27.0 Å². The Morgan fingerprint density at radius 3 is 2.56 bits per heavy atom. The Bertz CT molecular complexity index is 596. The summed E-state index contributed by atoms with van der Waals surface area (Å²) < 4.78 is 0. The lowest BCUT2D eigenvalue weighted by Gasteiger charge is -2.13. The van der Waals surface area contributed by atoms with Crippen molar-refractivity contribution in [3.63, 3.8) is 0 Å². The zero-order valence-electron chi connectivity index (χ0n) is 9.63. The van der Waals surface area contributed by atoms with E-state index in [0.717, 1.165) is 5.56 Å². The van der Waals surface area contributed by atoms with Gasteiger partial charge in [0.25, 0.3) is 0 Å². The van der Waals surface area contributed by atoms with Crippen LogP contribution >= 0.6 is 23.2 Å². The summed E-state index contributed by atoms with van der Waals surface area (Å²) in [5.74, 6) is 0. The summed E-state index contributed by atoms with van der Waals surface area (Å²) in [4.78, 5) is 10.8. The second kappa shape index (κ2) is 5.42. The van der Waals surface area contributed by atoms with Gasteiger partial charge in [0.05, 0.1) is 15.7 Å². The van der Waals surface area contributed by atoms with E-state index in [1.54, 1.807) is 24.3 Å². The monoisotopic (exact) mass is 278 g/mol. The van der Waals surface area contributed by atoms with Crippen molar-refractivity contribution in [3.05, 3.63) is 57.6 Å². The van der Waals surface area contributed by atoms with E-state index in [2.05, 4.69) is 5.32 Å². The van der Waals surface area contributed by atoms with Crippen LogP contribution in [-0.4, -0.2) is 6.29 Å². The van der Waals surface area contributed by atoms with Gasteiger partial charge in [0.1, 0.15) is 0 Å². The van der Waals surface area contributed by atoms with Gasteiger partial charge in [-0.3, -0.25) is 4.79 Å². The van der Waals surface area contributed by atoms with Gasteiger partial charge in [-0.2, -0.15) is 0 Å². The first-order chi connectivity index (χ1) is 8.63. The molecule has 0 fully saturated rings. The first-order valence-electron chi connectivity index (χ1n) is 5.32. The maximum atomic E-state index is 10.8. The Labute approximate surface area is 116 Å². The molecule has 1 N–H and O–H groups in total. The molecule has 91 valence electrons. The Morgan fingerprint density at radius 2 is 1.83 bits per heavy atom. The van der Waals surface area contributed by atoms with Gasteiger partial charge in [0, 0.05) is 11.3 Å². The van der Waals surface area contributed by atoms with Crippen LogP contribution in [0, 0.1) is 6.92 Å². The fraction of sp³-hybridized carbons (Fsp3) is 0.0714. The standard InChI is InChI=1S/C14H10Cl2NO/c1-9-6-7-11(15)14(13(9)16)17-12-5-3-2-4-10(12)8-18/h2-7,17H,1H3. The highest BCUT2D eigenvalue weighted by molar-refractivity contribution is 6.39. The predicted octanol–water partition coefficient (Wildman–Crippen LogP) is 4.50. The molecule has 0 atom stereocenters. The molecule has 0 unspecified atom stereocenters. The number of carbonyl (C=O) groups excluding carboxylic acids is 1. The number of benzene rings is 2. The van der Waals surface area contributed by atoms with Crippen LogP contribution in [0.2, 0.25) is 10.0 Å². The minimum atomic E-state index is 0.436. The van der Waals surface area contributed by atoms with Gasteiger partial charge in [0.15, 0.2) is 0 Å². The molecule has 0 saturated carbocycles. The molecule has 2 nitrogen and oxygen atoms in total. The van der Waals surface area contributed by atoms with Crippen molar-refractivity contribution in [2.75, 3.05) is 5.32 Å². The average Bonchev–Trinajstić information content (AvgIpc) is 2.39. The summed E-state index contributed by atoms with van der Waals surface area (Å²) in [7, 11) is 0. The van der Waals surface area contributed by atoms with Crippen molar-refractivity contribution in [3.8, 4) is 0 Å². The highest BCUT2D eigenvalue weighted by Crippen LogP contribution is 2.35. The molecule has 0 aliphatic rings.